The van der Waals surface area contributed by atoms with Crippen LogP contribution in [0.2, 0.25) is 0 Å². The summed E-state index contributed by atoms with van der Waals surface area (Å²) in [5, 5.41) is 16.6. The van der Waals surface area contributed by atoms with E-state index in [-0.39, 0.29) is 12.1 Å². The highest BCUT2D eigenvalue weighted by molar-refractivity contribution is 5.53. The first-order valence-corrected chi connectivity index (χ1v) is 6.04. The van der Waals surface area contributed by atoms with Crippen molar-refractivity contribution in [1.82, 2.24) is 5.32 Å². The zero-order valence-electron chi connectivity index (χ0n) is 9.74. The second-order valence-corrected chi connectivity index (χ2v) is 4.32. The molecule has 1 heterocycles. The molecule has 2 unspecified atom stereocenters. The fraction of sp³-hybridized carbons (Fsp3) is 0.538. The summed E-state index contributed by atoms with van der Waals surface area (Å²) in [4.78, 5) is 0. The molecule has 0 amide bonds. The van der Waals surface area contributed by atoms with Crippen molar-refractivity contribution in [2.45, 2.75) is 31.9 Å². The Balaban J connectivity index is 1.97. The number of para-hydroxylation sites is 1. The highest BCUT2D eigenvalue weighted by Gasteiger charge is 2.23. The van der Waals surface area contributed by atoms with E-state index in [4.69, 9.17) is 0 Å². The van der Waals surface area contributed by atoms with Crippen LogP contribution >= 0.6 is 0 Å². The van der Waals surface area contributed by atoms with Gasteiger partial charge in [-0.05, 0) is 31.0 Å². The highest BCUT2D eigenvalue weighted by atomic mass is 16.3. The van der Waals surface area contributed by atoms with Crippen LogP contribution in [0.25, 0.3) is 0 Å². The van der Waals surface area contributed by atoms with Crippen molar-refractivity contribution < 1.29 is 5.11 Å². The lowest BCUT2D eigenvalue weighted by atomic mass is 9.95. The summed E-state index contributed by atoms with van der Waals surface area (Å²) < 4.78 is 0. The minimum absolute atomic E-state index is 0.175. The molecule has 0 radical (unpaired) electrons. The molecule has 88 valence electrons. The summed E-state index contributed by atoms with van der Waals surface area (Å²) >= 11 is 0. The third-order valence-corrected chi connectivity index (χ3v) is 3.15. The quantitative estimate of drug-likeness (QED) is 0.718. The fourth-order valence-corrected chi connectivity index (χ4v) is 2.19. The number of aliphatic hydroxyl groups excluding tert-OH is 1. The molecule has 0 aromatic heterocycles. The van der Waals surface area contributed by atoms with Gasteiger partial charge in [-0.2, -0.15) is 0 Å². The van der Waals surface area contributed by atoms with Gasteiger partial charge in [0.25, 0.3) is 0 Å². The van der Waals surface area contributed by atoms with E-state index in [2.05, 4.69) is 35.8 Å². The van der Waals surface area contributed by atoms with E-state index >= 15 is 0 Å². The molecule has 0 spiro atoms. The zero-order chi connectivity index (χ0) is 11.4. The molecule has 0 bridgehead atoms. The lowest BCUT2D eigenvalue weighted by Crippen LogP contribution is -2.42. The van der Waals surface area contributed by atoms with E-state index in [9.17, 15) is 5.11 Å². The average Bonchev–Trinajstić information content (AvgIpc) is 2.35. The Labute approximate surface area is 96.9 Å². The summed E-state index contributed by atoms with van der Waals surface area (Å²) in [6.07, 6.45) is 1.74. The van der Waals surface area contributed by atoms with Crippen molar-refractivity contribution >= 4 is 5.69 Å². The average molecular weight is 220 g/mol. The maximum Gasteiger partial charge on any atom is 0.0865 e. The van der Waals surface area contributed by atoms with E-state index in [1.54, 1.807) is 0 Å². The number of rotatable bonds is 4. The van der Waals surface area contributed by atoms with Crippen LogP contribution in [0.3, 0.4) is 0 Å². The lowest BCUT2D eigenvalue weighted by molar-refractivity contribution is 0.145. The van der Waals surface area contributed by atoms with Crippen molar-refractivity contribution in [3.8, 4) is 0 Å². The van der Waals surface area contributed by atoms with Gasteiger partial charge >= 0.3 is 0 Å². The number of benzene rings is 1. The minimum Gasteiger partial charge on any atom is -0.390 e. The monoisotopic (exact) mass is 220 g/mol. The van der Waals surface area contributed by atoms with Gasteiger partial charge in [-0.25, -0.2) is 0 Å². The maximum atomic E-state index is 10.0. The molecule has 1 aromatic rings. The van der Waals surface area contributed by atoms with Gasteiger partial charge in [0.2, 0.25) is 0 Å². The lowest BCUT2D eigenvalue weighted by Gasteiger charge is -2.30. The Morgan fingerprint density at radius 2 is 2.31 bits per heavy atom. The molecule has 2 rings (SSSR count). The topological polar surface area (TPSA) is 44.3 Å². The second kappa shape index (κ2) is 5.32. The van der Waals surface area contributed by atoms with Gasteiger partial charge in [0.1, 0.15) is 0 Å². The molecule has 0 fully saturated rings. The Morgan fingerprint density at radius 1 is 1.50 bits per heavy atom. The molecule has 1 aromatic carbocycles. The predicted octanol–water partition coefficient (Wildman–Crippen LogP) is 1.38. The molecule has 1 aliphatic rings. The van der Waals surface area contributed by atoms with Gasteiger partial charge in [0, 0.05) is 12.2 Å². The molecule has 0 aliphatic carbocycles. The third-order valence-electron chi connectivity index (χ3n) is 3.15. The molecule has 3 N–H and O–H groups in total. The predicted molar refractivity (Wildman–Crippen MR) is 66.7 cm³/mol. The third kappa shape index (κ3) is 2.54. The van der Waals surface area contributed by atoms with E-state index in [0.717, 1.165) is 19.4 Å². The Bertz CT molecular complexity index is 340. The van der Waals surface area contributed by atoms with Gasteiger partial charge in [-0.15, -0.1) is 0 Å². The van der Waals surface area contributed by atoms with Crippen molar-refractivity contribution in [2.24, 2.45) is 0 Å². The van der Waals surface area contributed by atoms with Crippen molar-refractivity contribution in [3.05, 3.63) is 29.8 Å². The SMILES string of the molecule is CCNCC(O)C1CCc2ccccc2N1. The summed E-state index contributed by atoms with van der Waals surface area (Å²) in [6, 6.07) is 8.51. The van der Waals surface area contributed by atoms with Gasteiger partial charge in [-0.3, -0.25) is 0 Å². The molecular formula is C13H20N2O. The Kier molecular flexibility index (Phi) is 3.80. The van der Waals surface area contributed by atoms with Crippen LogP contribution in [0.4, 0.5) is 5.69 Å². The van der Waals surface area contributed by atoms with Crippen LogP contribution in [0, 0.1) is 0 Å². The number of hydrogen-bond donors (Lipinski definition) is 3. The summed E-state index contributed by atoms with van der Waals surface area (Å²) in [5.41, 5.74) is 2.53. The van der Waals surface area contributed by atoms with Crippen LogP contribution < -0.4 is 10.6 Å². The van der Waals surface area contributed by atoms with E-state index in [1.807, 2.05) is 6.07 Å². The number of nitrogens with one attached hydrogen (secondary N) is 2. The van der Waals surface area contributed by atoms with Gasteiger partial charge < -0.3 is 15.7 Å². The molecule has 3 nitrogen and oxygen atoms in total. The van der Waals surface area contributed by atoms with Gasteiger partial charge in [0.05, 0.1) is 12.1 Å². The molecule has 16 heavy (non-hydrogen) atoms. The van der Waals surface area contributed by atoms with Crippen LogP contribution in [0.1, 0.15) is 18.9 Å². The number of hydrogen-bond acceptors (Lipinski definition) is 3. The smallest absolute Gasteiger partial charge is 0.0865 e. The molecule has 2 atom stereocenters. The minimum atomic E-state index is -0.312. The van der Waals surface area contributed by atoms with Crippen LogP contribution in [0.5, 0.6) is 0 Å². The first kappa shape index (κ1) is 11.4. The number of likely N-dealkylation sites (N-methyl/N-ethyl adjacent to an activating group) is 1. The van der Waals surface area contributed by atoms with E-state index in [1.165, 1.54) is 11.3 Å². The van der Waals surface area contributed by atoms with Gasteiger partial charge in [-0.1, -0.05) is 25.1 Å². The Hall–Kier alpha value is -1.06. The number of aliphatic hydroxyl groups is 1. The largest absolute Gasteiger partial charge is 0.390 e. The molecule has 0 saturated heterocycles. The maximum absolute atomic E-state index is 10.0. The molecule has 1 aliphatic heterocycles. The van der Waals surface area contributed by atoms with Crippen LogP contribution in [-0.2, 0) is 6.42 Å². The van der Waals surface area contributed by atoms with Gasteiger partial charge in [0.15, 0.2) is 0 Å². The zero-order valence-corrected chi connectivity index (χ0v) is 9.74. The van der Waals surface area contributed by atoms with E-state index < -0.39 is 0 Å². The highest BCUT2D eigenvalue weighted by Crippen LogP contribution is 2.25. The van der Waals surface area contributed by atoms with Crippen molar-refractivity contribution in [2.75, 3.05) is 18.4 Å². The number of aryl methyl sites for hydroxylation is 1. The van der Waals surface area contributed by atoms with Crippen LogP contribution in [0.15, 0.2) is 24.3 Å². The standard InChI is InChI=1S/C13H20N2O/c1-2-14-9-13(16)12-8-7-10-5-3-4-6-11(10)15-12/h3-6,12-16H,2,7-9H2,1H3. The molecular weight excluding hydrogens is 200 g/mol. The van der Waals surface area contributed by atoms with Crippen molar-refractivity contribution in [1.29, 1.82) is 0 Å². The van der Waals surface area contributed by atoms with Crippen molar-refractivity contribution in [3.63, 3.8) is 0 Å². The summed E-state index contributed by atoms with van der Waals surface area (Å²) in [6.45, 7) is 3.62. The van der Waals surface area contributed by atoms with E-state index in [0.29, 0.717) is 6.54 Å². The summed E-state index contributed by atoms with van der Waals surface area (Å²) in [7, 11) is 0. The number of fused-ring (bicyclic) bond motifs is 1. The fourth-order valence-electron chi connectivity index (χ4n) is 2.19. The normalized spacial score (nSPS) is 21.0. The summed E-state index contributed by atoms with van der Waals surface area (Å²) in [5.74, 6) is 0. The van der Waals surface area contributed by atoms with Crippen LogP contribution in [-0.4, -0.2) is 30.3 Å². The first-order chi connectivity index (χ1) is 7.81. The second-order valence-electron chi connectivity index (χ2n) is 4.32. The number of anilines is 1. The first-order valence-electron chi connectivity index (χ1n) is 6.04. The molecule has 0 saturated carbocycles. The molecule has 3 heteroatoms. The Morgan fingerprint density at radius 3 is 3.12 bits per heavy atom.